The van der Waals surface area contributed by atoms with Gasteiger partial charge < -0.3 is 106 Å². The van der Waals surface area contributed by atoms with Gasteiger partial charge in [-0.15, -0.1) is 0 Å². The van der Waals surface area contributed by atoms with E-state index in [1.807, 2.05) is 17.4 Å². The maximum Gasteiger partial charge on any atom is 0.328 e. The van der Waals surface area contributed by atoms with Crippen molar-refractivity contribution < 1.29 is 83.1 Å². The number of carboxylic acid groups (broad SMARTS) is 1. The van der Waals surface area contributed by atoms with Gasteiger partial charge in [-0.3, -0.25) is 52.7 Å². The zero-order chi connectivity index (χ0) is 74.7. The van der Waals surface area contributed by atoms with Crippen molar-refractivity contribution in [2.75, 3.05) is 49.7 Å². The molecule has 22 N–H and O–H groups in total. The molecule has 0 saturated carbocycles. The number of carboxylic acids is 1. The molecule has 2 unspecified atom stereocenters. The van der Waals surface area contributed by atoms with Gasteiger partial charge in [0.1, 0.15) is 72.2 Å². The number of phenolic OH excluding ortho intramolecular Hbond substituents is 1. The molecule has 34 heteroatoms. The number of aliphatic hydroxyl groups is 3. The summed E-state index contributed by atoms with van der Waals surface area (Å²) in [5, 5.41) is 76.5. The highest BCUT2D eigenvalue weighted by molar-refractivity contribution is 7.99. The van der Waals surface area contributed by atoms with E-state index in [0.29, 0.717) is 51.7 Å². The van der Waals surface area contributed by atoms with Crippen LogP contribution >= 0.6 is 24.4 Å². The number of benzene rings is 4. The van der Waals surface area contributed by atoms with Crippen molar-refractivity contribution in [1.29, 1.82) is 0 Å². The number of rotatable bonds is 32. The molecule has 1 saturated heterocycles. The number of aromatic hydroxyl groups is 1. The number of aromatic amines is 1. The number of thiol groups is 1. The van der Waals surface area contributed by atoms with Gasteiger partial charge in [-0.2, -0.15) is 24.4 Å². The van der Waals surface area contributed by atoms with E-state index in [-0.39, 0.29) is 62.3 Å². The number of para-hydroxylation sites is 1. The lowest BCUT2D eigenvalue weighted by molar-refractivity contribution is -0.144. The Morgan fingerprint density at radius 1 is 0.637 bits per heavy atom. The lowest BCUT2D eigenvalue weighted by Crippen LogP contribution is -2.63. The summed E-state index contributed by atoms with van der Waals surface area (Å²) in [5.74, 6) is -12.5. The zero-order valence-corrected chi connectivity index (χ0v) is 58.2. The maximum absolute atomic E-state index is 15.2. The van der Waals surface area contributed by atoms with Gasteiger partial charge in [0, 0.05) is 67.8 Å². The summed E-state index contributed by atoms with van der Waals surface area (Å²) in [6.45, 7) is 1.10. The van der Waals surface area contributed by atoms with Gasteiger partial charge >= 0.3 is 5.97 Å². The number of thioether (sulfide) groups is 1. The van der Waals surface area contributed by atoms with Gasteiger partial charge in [-0.1, -0.05) is 72.8 Å². The van der Waals surface area contributed by atoms with Gasteiger partial charge in [0.15, 0.2) is 0 Å². The van der Waals surface area contributed by atoms with Crippen molar-refractivity contribution in [2.24, 2.45) is 11.5 Å². The number of nitrogen functional groups attached to an aromatic ring is 1. The Morgan fingerprint density at radius 3 is 1.84 bits per heavy atom. The minimum atomic E-state index is -1.78. The molecule has 5 aromatic rings. The highest BCUT2D eigenvalue weighted by Crippen LogP contribution is 2.22. The molecule has 0 bridgehead atoms. The number of nitrogens with one attached hydrogen (secondary N) is 11. The molecule has 1 fully saturated rings. The quantitative estimate of drug-likeness (QED) is 0.0112. The van der Waals surface area contributed by atoms with Crippen molar-refractivity contribution in [3.8, 4) is 5.75 Å². The van der Waals surface area contributed by atoms with Crippen LogP contribution in [0.25, 0.3) is 10.9 Å². The van der Waals surface area contributed by atoms with E-state index in [4.69, 9.17) is 17.2 Å². The molecule has 2 heterocycles. The van der Waals surface area contributed by atoms with Gasteiger partial charge in [0.05, 0.1) is 24.6 Å². The topological polar surface area (TPSA) is 523 Å². The first kappa shape index (κ1) is 81.1. The van der Waals surface area contributed by atoms with Gasteiger partial charge in [-0.05, 0) is 104 Å². The van der Waals surface area contributed by atoms with Gasteiger partial charge in [0.25, 0.3) is 0 Å². The van der Waals surface area contributed by atoms with E-state index in [0.717, 1.165) is 23.6 Å². The number of hydrogen-bond acceptors (Lipinski definition) is 21. The predicted octanol–water partition coefficient (Wildman–Crippen LogP) is -3.61. The normalized spacial score (nSPS) is 20.0. The van der Waals surface area contributed by atoms with Crippen LogP contribution in [0.3, 0.4) is 0 Å². The first-order chi connectivity index (χ1) is 48.6. The van der Waals surface area contributed by atoms with Crippen LogP contribution < -0.4 is 70.4 Å². The van der Waals surface area contributed by atoms with E-state index in [1.54, 1.807) is 60.8 Å². The average Bonchev–Trinajstić information content (AvgIpc) is 1.56. The van der Waals surface area contributed by atoms with Crippen LogP contribution in [0, 0.1) is 0 Å². The lowest BCUT2D eigenvalue weighted by atomic mass is 10.00. The smallest absolute Gasteiger partial charge is 0.328 e. The number of likely N-dealkylation sites (N-methyl/N-ethyl adjacent to an activating group) is 1. The van der Waals surface area contributed by atoms with Crippen molar-refractivity contribution in [1.82, 2.24) is 63.1 Å². The minimum Gasteiger partial charge on any atom is -0.508 e. The number of anilines is 1. The molecule has 1 aliphatic heterocycles. The van der Waals surface area contributed by atoms with Crippen molar-refractivity contribution in [2.45, 2.75) is 144 Å². The standard InChI is InChI=1S/C68H91N15O17S2/c1-36(85)56-65(96)78-51(29-38-11-5-4-6-12-38)67(98)83(3)54(64(95)77-49(28-40-18-22-43(87)23-19-40)60(91)76-50(30-41-31-72-46-14-8-7-13-44(41)46)62(93)74-47(59(90)81-56)15-9-10-25-69)24-26-102-35-55(88)73-32-45(71)58(89)75-48(27-39-16-20-42(70)21-17-39)61(92)80-53(34-101)63(94)82-57(37(2)86)66(97)79-52(33-84)68(99)100/h4-8,11-14,16-23,31,36-37,45,47-54,56-57,72,84-87,101H,9-10,15,24-30,32-35,69-71H2,1-3H3,(H,73,88)(H,74,93)(H,75,89)(H,76,91)(H,77,95)(H,78,96)(H,79,97)(H,80,92)(H,81,90)(H,82,94)(H,99,100)/t36?,37?,45-,47-,48-,49-,50+,51-,52-,53-,54-,56-,57-/m0/s1. The van der Waals surface area contributed by atoms with Crippen LogP contribution in [0.4, 0.5) is 5.69 Å². The zero-order valence-electron chi connectivity index (χ0n) is 56.5. The summed E-state index contributed by atoms with van der Waals surface area (Å²) in [4.78, 5) is 173. The fourth-order valence-corrected chi connectivity index (χ4v) is 12.0. The highest BCUT2D eigenvalue weighted by atomic mass is 32.2. The Labute approximate surface area is 597 Å². The van der Waals surface area contributed by atoms with Crippen molar-refractivity contribution in [3.63, 3.8) is 0 Å². The van der Waals surface area contributed by atoms with Crippen LogP contribution in [-0.2, 0) is 83.2 Å². The summed E-state index contributed by atoms with van der Waals surface area (Å²) in [5.41, 5.74) is 21.2. The number of unbranched alkanes of at least 4 members (excludes halogenated alkanes) is 1. The van der Waals surface area contributed by atoms with Crippen LogP contribution in [0.5, 0.6) is 5.75 Å². The molecule has 4 aromatic carbocycles. The number of amides is 11. The van der Waals surface area contributed by atoms with Crippen molar-refractivity contribution in [3.05, 3.63) is 132 Å². The Hall–Kier alpha value is -9.84. The highest BCUT2D eigenvalue weighted by Gasteiger charge is 2.40. The first-order valence-electron chi connectivity index (χ1n) is 32.9. The number of nitrogens with zero attached hydrogens (tertiary/aromatic N) is 1. The van der Waals surface area contributed by atoms with Crippen LogP contribution in [0.15, 0.2) is 109 Å². The molecule has 102 heavy (non-hydrogen) atoms. The number of aliphatic hydroxyl groups excluding tert-OH is 3. The summed E-state index contributed by atoms with van der Waals surface area (Å²) < 4.78 is 0. The maximum atomic E-state index is 15.2. The number of aliphatic carboxylic acids is 1. The molecule has 11 amide bonds. The fourth-order valence-electron chi connectivity index (χ4n) is 10.9. The third kappa shape index (κ3) is 24.5. The summed E-state index contributed by atoms with van der Waals surface area (Å²) >= 11 is 5.16. The van der Waals surface area contributed by atoms with E-state index in [1.165, 1.54) is 50.4 Å². The predicted molar refractivity (Wildman–Crippen MR) is 380 cm³/mol. The molecule has 6 rings (SSSR count). The molecule has 32 nitrogen and oxygen atoms in total. The van der Waals surface area contributed by atoms with E-state index in [9.17, 15) is 68.7 Å². The number of nitrogens with two attached hydrogens (primary N) is 3. The lowest BCUT2D eigenvalue weighted by Gasteiger charge is -2.33. The summed E-state index contributed by atoms with van der Waals surface area (Å²) in [6, 6.07) is 10.7. The second-order valence-corrected chi connectivity index (χ2v) is 26.1. The second kappa shape index (κ2) is 40.0. The molecule has 1 aromatic heterocycles. The second-order valence-electron chi connectivity index (χ2n) is 24.7. The number of carbonyl (C=O) groups excluding carboxylic acids is 11. The van der Waals surface area contributed by atoms with E-state index >= 15 is 14.4 Å². The molecule has 552 valence electrons. The molecule has 0 spiro atoms. The van der Waals surface area contributed by atoms with Crippen LogP contribution in [0.2, 0.25) is 0 Å². The number of phenols is 1. The molecular weight excluding hydrogens is 1360 g/mol. The van der Waals surface area contributed by atoms with E-state index < -0.39 is 169 Å². The fraction of sp³-hybridized carbons (Fsp3) is 0.441. The molecule has 1 aliphatic rings. The minimum absolute atomic E-state index is 0.00768. The van der Waals surface area contributed by atoms with Crippen LogP contribution in [-0.4, -0.2) is 229 Å². The van der Waals surface area contributed by atoms with Crippen molar-refractivity contribution >= 4 is 112 Å². The number of fused-ring (bicyclic) bond motifs is 1. The molecule has 0 aliphatic carbocycles. The Morgan fingerprint density at radius 2 is 1.21 bits per heavy atom. The Kier molecular flexibility index (Phi) is 31.8. The molecule has 13 atom stereocenters. The molecular formula is C68H91N15O17S2. The molecule has 0 radical (unpaired) electrons. The SMILES string of the molecule is CC(O)[C@H](NC(=O)[C@H](CS)NC(=O)[C@H](Cc1ccc(N)cc1)NC(=O)[C@@H](N)CNC(=O)CSCC[C@H]1C(=O)N[C@@H](Cc2ccc(O)cc2)C(=O)N[C@H](Cc2c[nH]c3ccccc23)C(=O)N[C@@H](CCCCN)C(=O)N[C@@H](C(C)O)C(=O)N[C@@H](Cc2ccccc2)C(=O)N1C)C(=O)N[C@@H](CO)C(=O)O. The van der Waals surface area contributed by atoms with Gasteiger partial charge in [0.2, 0.25) is 65.0 Å². The first-order valence-corrected chi connectivity index (χ1v) is 34.7. The van der Waals surface area contributed by atoms with E-state index in [2.05, 4.69) is 65.5 Å². The number of H-pyrrole nitrogens is 1. The largest absolute Gasteiger partial charge is 0.508 e. The number of hydrogen-bond donors (Lipinski definition) is 20. The van der Waals surface area contributed by atoms with Crippen LogP contribution in [0.1, 0.15) is 61.8 Å². The monoisotopic (exact) mass is 1450 g/mol. The Balaban J connectivity index is 1.24. The summed E-state index contributed by atoms with van der Waals surface area (Å²) in [6.07, 6.45) is -1.73. The number of aromatic nitrogens is 1. The number of carbonyl (C=O) groups is 12. The Bertz CT molecular complexity index is 3700. The van der Waals surface area contributed by atoms with Gasteiger partial charge in [-0.25, -0.2) is 4.79 Å². The third-order valence-corrected chi connectivity index (χ3v) is 18.1. The average molecular weight is 1450 g/mol. The summed E-state index contributed by atoms with van der Waals surface area (Å²) in [7, 11) is 1.30. The third-order valence-electron chi connectivity index (χ3n) is 16.8.